The lowest BCUT2D eigenvalue weighted by Crippen LogP contribution is -2.14. The first-order chi connectivity index (χ1) is 25.0. The number of fused-ring (bicyclic) bond motifs is 3. The summed E-state index contributed by atoms with van der Waals surface area (Å²) in [7, 11) is 0. The van der Waals surface area contributed by atoms with Crippen molar-refractivity contribution < 1.29 is 0 Å². The van der Waals surface area contributed by atoms with E-state index in [1.165, 1.54) is 44.5 Å². The van der Waals surface area contributed by atoms with Crippen molar-refractivity contribution in [2.24, 2.45) is 0 Å². The zero-order valence-corrected chi connectivity index (χ0v) is 28.7. The molecule has 0 atom stereocenters. The summed E-state index contributed by atoms with van der Waals surface area (Å²) >= 11 is 0. The number of benzene rings is 7. The number of rotatable bonds is 6. The molecule has 1 heterocycles. The zero-order chi connectivity index (χ0) is 34.4. The summed E-state index contributed by atoms with van der Waals surface area (Å²) in [5.74, 6) is 0.707. The van der Waals surface area contributed by atoms with Gasteiger partial charge in [-0.25, -0.2) is 9.97 Å². The molecule has 2 heteroatoms. The van der Waals surface area contributed by atoms with Gasteiger partial charge in [-0.15, -0.1) is 0 Å². The topological polar surface area (TPSA) is 25.8 Å². The molecule has 8 aromatic rings. The Kier molecular flexibility index (Phi) is 7.51. The van der Waals surface area contributed by atoms with Crippen molar-refractivity contribution >= 4 is 0 Å². The lowest BCUT2D eigenvalue weighted by atomic mass is 9.82. The van der Waals surface area contributed by atoms with Gasteiger partial charge in [-0.3, -0.25) is 0 Å². The molecule has 0 amide bonds. The Balaban J connectivity index is 1.08. The van der Waals surface area contributed by atoms with Gasteiger partial charge in [-0.2, -0.15) is 0 Å². The predicted octanol–water partition coefficient (Wildman–Crippen LogP) is 12.8. The minimum atomic E-state index is -0.0202. The van der Waals surface area contributed by atoms with Crippen LogP contribution in [0.4, 0.5) is 0 Å². The van der Waals surface area contributed by atoms with Gasteiger partial charge in [0.25, 0.3) is 0 Å². The fraction of sp³-hybridized carbons (Fsp3) is 0.0612. The number of hydrogen-bond acceptors (Lipinski definition) is 2. The van der Waals surface area contributed by atoms with Crippen molar-refractivity contribution in [2.45, 2.75) is 19.3 Å². The molecule has 1 aliphatic carbocycles. The molecular weight excluding hydrogens is 617 g/mol. The molecule has 1 aromatic heterocycles. The Morgan fingerprint density at radius 1 is 0.333 bits per heavy atom. The minimum Gasteiger partial charge on any atom is -0.228 e. The van der Waals surface area contributed by atoms with Crippen LogP contribution in [0.3, 0.4) is 0 Å². The van der Waals surface area contributed by atoms with E-state index in [0.29, 0.717) is 5.82 Å². The van der Waals surface area contributed by atoms with Crippen LogP contribution in [0.15, 0.2) is 182 Å². The molecule has 2 nitrogen and oxygen atoms in total. The van der Waals surface area contributed by atoms with Crippen LogP contribution < -0.4 is 0 Å². The second kappa shape index (κ2) is 12.5. The van der Waals surface area contributed by atoms with Crippen LogP contribution in [-0.4, -0.2) is 9.97 Å². The Morgan fingerprint density at radius 2 is 0.784 bits per heavy atom. The van der Waals surface area contributed by atoms with E-state index in [1.807, 2.05) is 12.1 Å². The van der Waals surface area contributed by atoms with Gasteiger partial charge in [0.2, 0.25) is 0 Å². The third-order valence-corrected chi connectivity index (χ3v) is 10.3. The van der Waals surface area contributed by atoms with Gasteiger partial charge in [0, 0.05) is 22.1 Å². The lowest BCUT2D eigenvalue weighted by molar-refractivity contribution is 0.660. The monoisotopic (exact) mass is 652 g/mol. The quantitative estimate of drug-likeness (QED) is 0.179. The Morgan fingerprint density at radius 3 is 1.49 bits per heavy atom. The predicted molar refractivity (Wildman–Crippen MR) is 212 cm³/mol. The molecule has 51 heavy (non-hydrogen) atoms. The first-order valence-corrected chi connectivity index (χ1v) is 17.6. The molecule has 0 spiro atoms. The SMILES string of the molecule is CC1(C)c2ccccc2-c2c(-c3ccc(-c4cccc(-c5nc(-c6ccccc6)cc(-c6ccc(-c7ccccc7)cc6)n5)c4)cc3)cccc21. The smallest absolute Gasteiger partial charge is 0.160 e. The van der Waals surface area contributed by atoms with Gasteiger partial charge in [-0.1, -0.05) is 184 Å². The summed E-state index contributed by atoms with van der Waals surface area (Å²) in [5, 5.41) is 0. The maximum atomic E-state index is 5.14. The highest BCUT2D eigenvalue weighted by molar-refractivity contribution is 5.93. The van der Waals surface area contributed by atoms with Crippen LogP contribution in [0.1, 0.15) is 25.0 Å². The largest absolute Gasteiger partial charge is 0.228 e. The van der Waals surface area contributed by atoms with Crippen molar-refractivity contribution in [3.8, 4) is 78.4 Å². The molecule has 9 rings (SSSR count). The van der Waals surface area contributed by atoms with E-state index in [4.69, 9.17) is 9.97 Å². The van der Waals surface area contributed by atoms with Gasteiger partial charge < -0.3 is 0 Å². The van der Waals surface area contributed by atoms with Gasteiger partial charge in [-0.05, 0) is 67.8 Å². The molecule has 0 saturated carbocycles. The molecule has 0 aliphatic heterocycles. The van der Waals surface area contributed by atoms with E-state index in [0.717, 1.165) is 39.2 Å². The van der Waals surface area contributed by atoms with Crippen LogP contribution >= 0.6 is 0 Å². The highest BCUT2D eigenvalue weighted by Crippen LogP contribution is 2.52. The van der Waals surface area contributed by atoms with E-state index in [-0.39, 0.29) is 5.41 Å². The second-order valence-corrected chi connectivity index (χ2v) is 13.8. The van der Waals surface area contributed by atoms with E-state index in [1.54, 1.807) is 0 Å². The highest BCUT2D eigenvalue weighted by Gasteiger charge is 2.36. The minimum absolute atomic E-state index is 0.0202. The van der Waals surface area contributed by atoms with Crippen LogP contribution in [0.25, 0.3) is 78.4 Å². The van der Waals surface area contributed by atoms with Crippen LogP contribution in [0, 0.1) is 0 Å². The average Bonchev–Trinajstić information content (AvgIpc) is 3.44. The Hall–Kier alpha value is -6.38. The summed E-state index contributed by atoms with van der Waals surface area (Å²) in [6.45, 7) is 4.67. The molecule has 0 unspecified atom stereocenters. The van der Waals surface area contributed by atoms with E-state index in [9.17, 15) is 0 Å². The van der Waals surface area contributed by atoms with Gasteiger partial charge in [0.15, 0.2) is 5.82 Å². The molecule has 0 radical (unpaired) electrons. The fourth-order valence-electron chi connectivity index (χ4n) is 7.62. The number of aromatic nitrogens is 2. The summed E-state index contributed by atoms with van der Waals surface area (Å²) in [6, 6.07) is 64.8. The molecule has 0 fully saturated rings. The molecule has 0 N–H and O–H groups in total. The van der Waals surface area contributed by atoms with Crippen LogP contribution in [-0.2, 0) is 5.41 Å². The van der Waals surface area contributed by atoms with Crippen molar-refractivity contribution in [3.05, 3.63) is 193 Å². The Bertz CT molecular complexity index is 2510. The molecule has 1 aliphatic rings. The lowest BCUT2D eigenvalue weighted by Gasteiger charge is -2.21. The maximum Gasteiger partial charge on any atom is 0.160 e. The molecule has 7 aromatic carbocycles. The van der Waals surface area contributed by atoms with E-state index in [2.05, 4.69) is 184 Å². The van der Waals surface area contributed by atoms with Gasteiger partial charge >= 0.3 is 0 Å². The third-order valence-electron chi connectivity index (χ3n) is 10.3. The standard InChI is InChI=1S/C49H36N2/c1-49(2)43-21-10-9-19-42(43)47-41(20-12-22-44(47)49)36-27-23-35(24-28-36)39-17-11-18-40(31-39)48-50-45(37-15-7-4-8-16-37)32-46(51-48)38-29-25-34(26-30-38)33-13-5-3-6-14-33/h3-32H,1-2H3. The zero-order valence-electron chi connectivity index (χ0n) is 28.7. The van der Waals surface area contributed by atoms with Crippen molar-refractivity contribution in [2.75, 3.05) is 0 Å². The van der Waals surface area contributed by atoms with Gasteiger partial charge in [0.05, 0.1) is 11.4 Å². The highest BCUT2D eigenvalue weighted by atomic mass is 14.9. The molecule has 0 saturated heterocycles. The number of nitrogens with zero attached hydrogens (tertiary/aromatic N) is 2. The summed E-state index contributed by atoms with van der Waals surface area (Å²) in [4.78, 5) is 10.2. The molecule has 0 bridgehead atoms. The first-order valence-electron chi connectivity index (χ1n) is 17.6. The van der Waals surface area contributed by atoms with Crippen molar-refractivity contribution in [3.63, 3.8) is 0 Å². The normalized spacial score (nSPS) is 12.7. The van der Waals surface area contributed by atoms with Crippen molar-refractivity contribution in [1.82, 2.24) is 9.97 Å². The Labute approximate surface area is 299 Å². The number of hydrogen-bond donors (Lipinski definition) is 0. The summed E-state index contributed by atoms with van der Waals surface area (Å²) in [6.07, 6.45) is 0. The second-order valence-electron chi connectivity index (χ2n) is 13.8. The third kappa shape index (κ3) is 5.56. The summed E-state index contributed by atoms with van der Waals surface area (Å²) in [5.41, 5.74) is 17.5. The van der Waals surface area contributed by atoms with Crippen LogP contribution in [0.5, 0.6) is 0 Å². The molecular formula is C49H36N2. The maximum absolute atomic E-state index is 5.14. The summed E-state index contributed by atoms with van der Waals surface area (Å²) < 4.78 is 0. The van der Waals surface area contributed by atoms with Gasteiger partial charge in [0.1, 0.15) is 0 Å². The van der Waals surface area contributed by atoms with E-state index >= 15 is 0 Å². The van der Waals surface area contributed by atoms with Crippen molar-refractivity contribution in [1.29, 1.82) is 0 Å². The van der Waals surface area contributed by atoms with E-state index < -0.39 is 0 Å². The fourth-order valence-corrected chi connectivity index (χ4v) is 7.62. The first kappa shape index (κ1) is 30.7. The average molecular weight is 653 g/mol. The van der Waals surface area contributed by atoms with Crippen LogP contribution in [0.2, 0.25) is 0 Å². The molecule has 242 valence electrons.